The third-order valence-corrected chi connectivity index (χ3v) is 4.49. The van der Waals surface area contributed by atoms with Crippen LogP contribution in [0.2, 0.25) is 0 Å². The molecular formula is C22H19N3O3. The van der Waals surface area contributed by atoms with Gasteiger partial charge in [0.2, 0.25) is 0 Å². The van der Waals surface area contributed by atoms with Crippen molar-refractivity contribution >= 4 is 28.2 Å². The third kappa shape index (κ3) is 3.27. The first-order valence-corrected chi connectivity index (χ1v) is 8.99. The molecule has 6 heteroatoms. The van der Waals surface area contributed by atoms with Crippen LogP contribution in [0.5, 0.6) is 0 Å². The molecule has 2 aromatic heterocycles. The molecule has 0 spiro atoms. The number of rotatable bonds is 5. The molecule has 2 aromatic carbocycles. The highest BCUT2D eigenvalue weighted by Crippen LogP contribution is 2.28. The highest BCUT2D eigenvalue weighted by molar-refractivity contribution is 5.97. The second-order valence-electron chi connectivity index (χ2n) is 6.27. The third-order valence-electron chi connectivity index (χ3n) is 4.49. The molecule has 0 aliphatic carbocycles. The number of carbonyl (C=O) groups is 1. The summed E-state index contributed by atoms with van der Waals surface area (Å²) in [6.07, 6.45) is 3.44. The standard InChI is InChI=1S/C22H19N3O3/c1-2-28-22(27)17-6-3-4-8-20(17)25-14-12-18(21(26)24-13-14)15-7-5-9-19-16(15)10-11-23-19/h3-13,23,25H,2H2,1H3,(H,24,26). The topological polar surface area (TPSA) is 87.0 Å². The Morgan fingerprint density at radius 1 is 1.04 bits per heavy atom. The van der Waals surface area contributed by atoms with E-state index in [9.17, 15) is 9.59 Å². The van der Waals surface area contributed by atoms with Gasteiger partial charge in [0.25, 0.3) is 5.56 Å². The number of H-pyrrole nitrogens is 2. The Bertz CT molecular complexity index is 1210. The molecular weight excluding hydrogens is 354 g/mol. The van der Waals surface area contributed by atoms with Crippen molar-refractivity contribution in [3.63, 3.8) is 0 Å². The zero-order chi connectivity index (χ0) is 19.5. The lowest BCUT2D eigenvalue weighted by molar-refractivity contribution is 0.0527. The van der Waals surface area contributed by atoms with Crippen molar-refractivity contribution in [1.82, 2.24) is 9.97 Å². The maximum Gasteiger partial charge on any atom is 0.340 e. The maximum atomic E-state index is 12.5. The van der Waals surface area contributed by atoms with Crippen molar-refractivity contribution < 1.29 is 9.53 Å². The normalized spacial score (nSPS) is 10.8. The number of benzene rings is 2. The van der Waals surface area contributed by atoms with Gasteiger partial charge >= 0.3 is 5.97 Å². The van der Waals surface area contributed by atoms with Crippen molar-refractivity contribution in [2.45, 2.75) is 6.92 Å². The lowest BCUT2D eigenvalue weighted by Gasteiger charge is -2.12. The summed E-state index contributed by atoms with van der Waals surface area (Å²) >= 11 is 0. The fraction of sp³-hybridized carbons (Fsp3) is 0.0909. The van der Waals surface area contributed by atoms with E-state index in [0.717, 1.165) is 16.5 Å². The van der Waals surface area contributed by atoms with Gasteiger partial charge in [0.05, 0.1) is 23.5 Å². The molecule has 0 aliphatic heterocycles. The number of aromatic amines is 2. The molecule has 4 rings (SSSR count). The molecule has 4 aromatic rings. The van der Waals surface area contributed by atoms with E-state index in [2.05, 4.69) is 15.3 Å². The molecule has 28 heavy (non-hydrogen) atoms. The molecule has 0 saturated carbocycles. The molecule has 0 bridgehead atoms. The van der Waals surface area contributed by atoms with Crippen molar-refractivity contribution in [2.75, 3.05) is 11.9 Å². The number of aromatic nitrogens is 2. The second kappa shape index (κ2) is 7.44. The van der Waals surface area contributed by atoms with Crippen LogP contribution >= 0.6 is 0 Å². The number of hydrogen-bond acceptors (Lipinski definition) is 4. The largest absolute Gasteiger partial charge is 0.462 e. The minimum Gasteiger partial charge on any atom is -0.462 e. The Balaban J connectivity index is 1.74. The Morgan fingerprint density at radius 2 is 1.89 bits per heavy atom. The van der Waals surface area contributed by atoms with Crippen LogP contribution in [0, 0.1) is 0 Å². The predicted octanol–water partition coefficient (Wildman–Crippen LogP) is 4.44. The van der Waals surface area contributed by atoms with E-state index < -0.39 is 5.97 Å². The van der Waals surface area contributed by atoms with Crippen LogP contribution in [0.4, 0.5) is 11.4 Å². The molecule has 0 atom stereocenters. The summed E-state index contributed by atoms with van der Waals surface area (Å²) in [7, 11) is 0. The minimum absolute atomic E-state index is 0.182. The van der Waals surface area contributed by atoms with Gasteiger partial charge in [0.1, 0.15) is 0 Å². The van der Waals surface area contributed by atoms with Gasteiger partial charge in [0.15, 0.2) is 0 Å². The second-order valence-corrected chi connectivity index (χ2v) is 6.27. The molecule has 0 unspecified atom stereocenters. The van der Waals surface area contributed by atoms with E-state index in [4.69, 9.17) is 4.74 Å². The number of carbonyl (C=O) groups excluding carboxylic acids is 1. The van der Waals surface area contributed by atoms with Crippen molar-refractivity contribution in [2.24, 2.45) is 0 Å². The van der Waals surface area contributed by atoms with Crippen molar-refractivity contribution in [1.29, 1.82) is 0 Å². The van der Waals surface area contributed by atoms with E-state index in [-0.39, 0.29) is 5.56 Å². The van der Waals surface area contributed by atoms with Crippen molar-refractivity contribution in [3.8, 4) is 11.1 Å². The first kappa shape index (κ1) is 17.6. The molecule has 3 N–H and O–H groups in total. The van der Waals surface area contributed by atoms with E-state index in [0.29, 0.717) is 29.1 Å². The monoisotopic (exact) mass is 373 g/mol. The molecule has 2 heterocycles. The van der Waals surface area contributed by atoms with Gasteiger partial charge < -0.3 is 20.0 Å². The molecule has 140 valence electrons. The highest BCUT2D eigenvalue weighted by Gasteiger charge is 2.14. The summed E-state index contributed by atoms with van der Waals surface area (Å²) in [5, 5.41) is 4.18. The van der Waals surface area contributed by atoms with Crippen LogP contribution < -0.4 is 10.9 Å². The van der Waals surface area contributed by atoms with Gasteiger partial charge in [-0.05, 0) is 42.8 Å². The number of hydrogen-bond donors (Lipinski definition) is 3. The van der Waals surface area contributed by atoms with Gasteiger partial charge in [-0.1, -0.05) is 24.3 Å². The SMILES string of the molecule is CCOC(=O)c1ccccc1Nc1c[nH]c(=O)c(-c2cccc3[nH]ccc23)c1. The first-order chi connectivity index (χ1) is 13.7. The number of pyridine rings is 1. The van der Waals surface area contributed by atoms with Gasteiger partial charge in [-0.2, -0.15) is 0 Å². The Morgan fingerprint density at radius 3 is 2.75 bits per heavy atom. The zero-order valence-corrected chi connectivity index (χ0v) is 15.3. The molecule has 0 radical (unpaired) electrons. The Labute approximate surface area is 161 Å². The van der Waals surface area contributed by atoms with Crippen LogP contribution in [0.25, 0.3) is 22.0 Å². The molecule has 0 aliphatic rings. The van der Waals surface area contributed by atoms with Crippen LogP contribution in [-0.2, 0) is 4.74 Å². The van der Waals surface area contributed by atoms with E-state index in [1.54, 1.807) is 37.4 Å². The minimum atomic E-state index is -0.396. The van der Waals surface area contributed by atoms with Gasteiger partial charge in [0, 0.05) is 28.9 Å². The average Bonchev–Trinajstić information content (AvgIpc) is 3.19. The van der Waals surface area contributed by atoms with E-state index in [1.165, 1.54) is 0 Å². The van der Waals surface area contributed by atoms with Crippen LogP contribution in [0.1, 0.15) is 17.3 Å². The lowest BCUT2D eigenvalue weighted by Crippen LogP contribution is -2.11. The maximum absolute atomic E-state index is 12.5. The predicted molar refractivity (Wildman–Crippen MR) is 110 cm³/mol. The number of fused-ring (bicyclic) bond motifs is 1. The van der Waals surface area contributed by atoms with Crippen LogP contribution in [0.15, 0.2) is 71.8 Å². The summed E-state index contributed by atoms with van der Waals surface area (Å²) in [5.41, 5.74) is 3.87. The average molecular weight is 373 g/mol. The smallest absolute Gasteiger partial charge is 0.340 e. The number of nitrogens with one attached hydrogen (secondary N) is 3. The van der Waals surface area contributed by atoms with Gasteiger partial charge in [-0.3, -0.25) is 4.79 Å². The summed E-state index contributed by atoms with van der Waals surface area (Å²) in [4.78, 5) is 30.6. The van der Waals surface area contributed by atoms with Gasteiger partial charge in [-0.15, -0.1) is 0 Å². The first-order valence-electron chi connectivity index (χ1n) is 8.99. The number of para-hydroxylation sites is 1. The van der Waals surface area contributed by atoms with E-state index >= 15 is 0 Å². The zero-order valence-electron chi connectivity index (χ0n) is 15.3. The molecule has 6 nitrogen and oxygen atoms in total. The van der Waals surface area contributed by atoms with Gasteiger partial charge in [-0.25, -0.2) is 4.79 Å². The lowest BCUT2D eigenvalue weighted by atomic mass is 10.0. The summed E-state index contributed by atoms with van der Waals surface area (Å²) < 4.78 is 5.12. The fourth-order valence-corrected chi connectivity index (χ4v) is 3.21. The highest BCUT2D eigenvalue weighted by atomic mass is 16.5. The molecule has 0 amide bonds. The van der Waals surface area contributed by atoms with Crippen LogP contribution in [-0.4, -0.2) is 22.5 Å². The Hall–Kier alpha value is -3.80. The van der Waals surface area contributed by atoms with E-state index in [1.807, 2.05) is 36.5 Å². The number of anilines is 2. The molecule has 0 saturated heterocycles. The number of ether oxygens (including phenoxy) is 1. The summed E-state index contributed by atoms with van der Waals surface area (Å²) in [6.45, 7) is 2.07. The number of esters is 1. The van der Waals surface area contributed by atoms with Crippen molar-refractivity contribution in [3.05, 3.63) is 82.9 Å². The van der Waals surface area contributed by atoms with Crippen LogP contribution in [0.3, 0.4) is 0 Å². The quantitative estimate of drug-likeness (QED) is 0.451. The summed E-state index contributed by atoms with van der Waals surface area (Å²) in [6, 6.07) is 16.6. The molecule has 0 fully saturated rings. The Kier molecular flexibility index (Phi) is 4.68. The summed E-state index contributed by atoms with van der Waals surface area (Å²) in [5.74, 6) is -0.396. The fourth-order valence-electron chi connectivity index (χ4n) is 3.21.